The summed E-state index contributed by atoms with van der Waals surface area (Å²) < 4.78 is 0. The minimum atomic E-state index is -0.684. The molecule has 18 heavy (non-hydrogen) atoms. The molecule has 1 fully saturated rings. The Morgan fingerprint density at radius 1 is 1.39 bits per heavy atom. The van der Waals surface area contributed by atoms with Crippen molar-refractivity contribution in [3.63, 3.8) is 0 Å². The number of hydrogen-bond donors (Lipinski definition) is 2. The number of likely N-dealkylation sites (tertiary alicyclic amines) is 1. The van der Waals surface area contributed by atoms with Gasteiger partial charge in [0, 0.05) is 12.1 Å². The molecule has 1 heterocycles. The molecule has 0 radical (unpaired) electrons. The number of nitrogens with zero attached hydrogens (tertiary/aromatic N) is 1. The third-order valence-electron chi connectivity index (χ3n) is 3.68. The Morgan fingerprint density at radius 2 is 2.00 bits per heavy atom. The second-order valence-corrected chi connectivity index (χ2v) is 5.97. The van der Waals surface area contributed by atoms with Crippen molar-refractivity contribution >= 4 is 5.97 Å². The standard InChI is InChI=1S/C14H28N2O2/c1-4-7-15-14(10-13(17)18)5-8-16(9-6-14)11-12(2)3/h12,15H,4-11H2,1-3H3,(H,17,18). The Kier molecular flexibility index (Phi) is 6.09. The maximum Gasteiger partial charge on any atom is 0.305 e. The number of hydrogen-bond acceptors (Lipinski definition) is 3. The fourth-order valence-corrected chi connectivity index (χ4v) is 2.78. The van der Waals surface area contributed by atoms with Crippen molar-refractivity contribution in [1.82, 2.24) is 10.2 Å². The Labute approximate surface area is 111 Å². The van der Waals surface area contributed by atoms with Crippen LogP contribution in [-0.2, 0) is 4.79 Å². The van der Waals surface area contributed by atoms with Crippen LogP contribution in [0.3, 0.4) is 0 Å². The summed E-state index contributed by atoms with van der Waals surface area (Å²) in [6.07, 6.45) is 3.21. The Morgan fingerprint density at radius 3 is 2.44 bits per heavy atom. The van der Waals surface area contributed by atoms with Crippen molar-refractivity contribution in [3.05, 3.63) is 0 Å². The van der Waals surface area contributed by atoms with E-state index in [-0.39, 0.29) is 12.0 Å². The van der Waals surface area contributed by atoms with Crippen molar-refractivity contribution in [1.29, 1.82) is 0 Å². The van der Waals surface area contributed by atoms with E-state index in [9.17, 15) is 4.79 Å². The van der Waals surface area contributed by atoms with E-state index < -0.39 is 5.97 Å². The van der Waals surface area contributed by atoms with Gasteiger partial charge in [-0.3, -0.25) is 4.79 Å². The van der Waals surface area contributed by atoms with Gasteiger partial charge < -0.3 is 15.3 Å². The predicted molar refractivity (Wildman–Crippen MR) is 73.8 cm³/mol. The van der Waals surface area contributed by atoms with Gasteiger partial charge in [-0.05, 0) is 44.8 Å². The van der Waals surface area contributed by atoms with E-state index in [0.29, 0.717) is 5.92 Å². The summed E-state index contributed by atoms with van der Waals surface area (Å²) in [6.45, 7) is 10.6. The minimum absolute atomic E-state index is 0.171. The summed E-state index contributed by atoms with van der Waals surface area (Å²) >= 11 is 0. The molecule has 0 aromatic heterocycles. The summed E-state index contributed by atoms with van der Waals surface area (Å²) in [6, 6.07) is 0. The van der Waals surface area contributed by atoms with E-state index in [1.165, 1.54) is 0 Å². The Hall–Kier alpha value is -0.610. The van der Waals surface area contributed by atoms with Crippen LogP contribution in [-0.4, -0.2) is 47.7 Å². The summed E-state index contributed by atoms with van der Waals surface area (Å²) in [4.78, 5) is 13.5. The van der Waals surface area contributed by atoms with Crippen LogP contribution in [0.4, 0.5) is 0 Å². The molecule has 106 valence electrons. The van der Waals surface area contributed by atoms with Crippen LogP contribution in [0.15, 0.2) is 0 Å². The van der Waals surface area contributed by atoms with Gasteiger partial charge in [0.25, 0.3) is 0 Å². The smallest absolute Gasteiger partial charge is 0.305 e. The molecule has 1 rings (SSSR count). The summed E-state index contributed by atoms with van der Waals surface area (Å²) in [5.74, 6) is -0.00325. The zero-order chi connectivity index (χ0) is 13.6. The third kappa shape index (κ3) is 4.94. The van der Waals surface area contributed by atoms with Gasteiger partial charge in [-0.1, -0.05) is 20.8 Å². The molecule has 2 N–H and O–H groups in total. The van der Waals surface area contributed by atoms with E-state index >= 15 is 0 Å². The highest BCUT2D eigenvalue weighted by molar-refractivity contribution is 5.68. The molecule has 1 aliphatic rings. The first-order valence-electron chi connectivity index (χ1n) is 7.16. The molecule has 0 spiro atoms. The van der Waals surface area contributed by atoms with Crippen LogP contribution in [0.5, 0.6) is 0 Å². The largest absolute Gasteiger partial charge is 0.481 e. The first kappa shape index (κ1) is 15.4. The molecule has 0 amide bonds. The van der Waals surface area contributed by atoms with Gasteiger partial charge in [-0.25, -0.2) is 0 Å². The van der Waals surface area contributed by atoms with Crippen molar-refractivity contribution in [2.75, 3.05) is 26.2 Å². The fraction of sp³-hybridized carbons (Fsp3) is 0.929. The van der Waals surface area contributed by atoms with E-state index in [2.05, 4.69) is 31.0 Å². The lowest BCUT2D eigenvalue weighted by molar-refractivity contribution is -0.139. The number of carboxylic acid groups (broad SMARTS) is 1. The van der Waals surface area contributed by atoms with Crippen LogP contribution >= 0.6 is 0 Å². The molecule has 0 aliphatic carbocycles. The topological polar surface area (TPSA) is 52.6 Å². The quantitative estimate of drug-likeness (QED) is 0.731. The highest BCUT2D eigenvalue weighted by atomic mass is 16.4. The lowest BCUT2D eigenvalue weighted by Gasteiger charge is -2.42. The molecule has 4 nitrogen and oxygen atoms in total. The molecule has 0 aromatic rings. The highest BCUT2D eigenvalue weighted by Gasteiger charge is 2.35. The molecule has 4 heteroatoms. The van der Waals surface area contributed by atoms with Gasteiger partial charge >= 0.3 is 5.97 Å². The molecule has 0 atom stereocenters. The second kappa shape index (κ2) is 7.10. The number of nitrogens with one attached hydrogen (secondary N) is 1. The van der Waals surface area contributed by atoms with Crippen LogP contribution in [0.25, 0.3) is 0 Å². The van der Waals surface area contributed by atoms with Gasteiger partial charge in [-0.15, -0.1) is 0 Å². The van der Waals surface area contributed by atoms with Gasteiger partial charge in [-0.2, -0.15) is 0 Å². The van der Waals surface area contributed by atoms with Gasteiger partial charge in [0.1, 0.15) is 0 Å². The molecule has 0 saturated carbocycles. The monoisotopic (exact) mass is 256 g/mol. The lowest BCUT2D eigenvalue weighted by atomic mass is 9.84. The van der Waals surface area contributed by atoms with E-state index in [4.69, 9.17) is 5.11 Å². The molecule has 1 aliphatic heterocycles. The first-order valence-corrected chi connectivity index (χ1v) is 7.16. The molecular weight excluding hydrogens is 228 g/mol. The average Bonchev–Trinajstić information content (AvgIpc) is 2.28. The summed E-state index contributed by atoms with van der Waals surface area (Å²) in [7, 11) is 0. The minimum Gasteiger partial charge on any atom is -0.481 e. The number of rotatable bonds is 7. The van der Waals surface area contributed by atoms with Gasteiger partial charge in [0.05, 0.1) is 6.42 Å². The van der Waals surface area contributed by atoms with Crippen LogP contribution in [0.1, 0.15) is 46.5 Å². The highest BCUT2D eigenvalue weighted by Crippen LogP contribution is 2.26. The number of carbonyl (C=O) groups is 1. The summed E-state index contributed by atoms with van der Waals surface area (Å²) in [5, 5.41) is 12.6. The molecule has 0 unspecified atom stereocenters. The zero-order valence-electron chi connectivity index (χ0n) is 12.0. The number of aliphatic carboxylic acids is 1. The van der Waals surface area contributed by atoms with E-state index in [1.54, 1.807) is 0 Å². The lowest BCUT2D eigenvalue weighted by Crippen LogP contribution is -2.55. The predicted octanol–water partition coefficient (Wildman–Crippen LogP) is 1.95. The summed E-state index contributed by atoms with van der Waals surface area (Å²) in [5.41, 5.74) is -0.171. The maximum atomic E-state index is 11.0. The molecule has 0 bridgehead atoms. The molecular formula is C14H28N2O2. The second-order valence-electron chi connectivity index (χ2n) is 5.97. The van der Waals surface area contributed by atoms with Crippen molar-refractivity contribution in [2.45, 2.75) is 52.0 Å². The van der Waals surface area contributed by atoms with Crippen molar-refractivity contribution < 1.29 is 9.90 Å². The Bertz CT molecular complexity index is 259. The maximum absolute atomic E-state index is 11.0. The average molecular weight is 256 g/mol. The van der Waals surface area contributed by atoms with Crippen LogP contribution in [0, 0.1) is 5.92 Å². The number of piperidine rings is 1. The third-order valence-corrected chi connectivity index (χ3v) is 3.68. The van der Waals surface area contributed by atoms with E-state index in [0.717, 1.165) is 45.4 Å². The number of carboxylic acids is 1. The fourth-order valence-electron chi connectivity index (χ4n) is 2.78. The van der Waals surface area contributed by atoms with Crippen molar-refractivity contribution in [3.8, 4) is 0 Å². The van der Waals surface area contributed by atoms with Gasteiger partial charge in [0.15, 0.2) is 0 Å². The Balaban J connectivity index is 2.52. The SMILES string of the molecule is CCCNC1(CC(=O)O)CCN(CC(C)C)CC1. The van der Waals surface area contributed by atoms with E-state index in [1.807, 2.05) is 0 Å². The van der Waals surface area contributed by atoms with Crippen LogP contribution < -0.4 is 5.32 Å². The van der Waals surface area contributed by atoms with Crippen molar-refractivity contribution in [2.24, 2.45) is 5.92 Å². The molecule has 1 saturated heterocycles. The first-order chi connectivity index (χ1) is 8.47. The normalized spacial score (nSPS) is 20.2. The van der Waals surface area contributed by atoms with Crippen LogP contribution in [0.2, 0.25) is 0 Å². The zero-order valence-corrected chi connectivity index (χ0v) is 12.0. The molecule has 0 aromatic carbocycles. The van der Waals surface area contributed by atoms with Gasteiger partial charge in [0.2, 0.25) is 0 Å².